The molecule has 2 aliphatic rings. The van der Waals surface area contributed by atoms with Gasteiger partial charge in [0.2, 0.25) is 5.82 Å². The molecule has 3 heterocycles. The Morgan fingerprint density at radius 3 is 2.64 bits per heavy atom. The molecular weight excluding hydrogens is 468 g/mol. The molecule has 0 unspecified atom stereocenters. The van der Waals surface area contributed by atoms with Crippen molar-refractivity contribution < 1.29 is 13.5 Å². The van der Waals surface area contributed by atoms with Crippen LogP contribution < -0.4 is 32.5 Å². The molecule has 1 aromatic carbocycles. The minimum atomic E-state index is -1.18. The zero-order valence-corrected chi connectivity index (χ0v) is 19.7. The van der Waals surface area contributed by atoms with Crippen molar-refractivity contribution in [3.05, 3.63) is 54.0 Å². The van der Waals surface area contributed by atoms with Crippen LogP contribution in [-0.2, 0) is 0 Å². The van der Waals surface area contributed by atoms with Crippen molar-refractivity contribution in [2.45, 2.75) is 31.7 Å². The van der Waals surface area contributed by atoms with Crippen LogP contribution in [0.2, 0.25) is 0 Å². The quantitative estimate of drug-likeness (QED) is 0.169. The van der Waals surface area contributed by atoms with Crippen LogP contribution in [-0.4, -0.2) is 40.3 Å². The summed E-state index contributed by atoms with van der Waals surface area (Å²) in [5, 5.41) is 12.4. The van der Waals surface area contributed by atoms with Gasteiger partial charge in [-0.2, -0.15) is 14.6 Å². The largest absolute Gasteiger partial charge is 0.490 e. The van der Waals surface area contributed by atoms with E-state index < -0.39 is 11.6 Å². The second kappa shape index (κ2) is 10.1. The second-order valence-corrected chi connectivity index (χ2v) is 9.13. The van der Waals surface area contributed by atoms with Gasteiger partial charge in [0.15, 0.2) is 17.4 Å². The number of nitrogens with zero attached hydrogens (tertiary/aromatic N) is 5. The number of amidine groups is 1. The molecular formula is C24H29F2N9O. The maximum atomic E-state index is 15.0. The van der Waals surface area contributed by atoms with E-state index in [2.05, 4.69) is 20.5 Å². The number of nitrogens with one attached hydrogen (secondary N) is 1. The fraction of sp³-hybridized carbons (Fsp3) is 0.375. The van der Waals surface area contributed by atoms with E-state index in [1.807, 2.05) is 10.9 Å². The first-order chi connectivity index (χ1) is 17.5. The molecule has 3 aromatic rings. The maximum Gasteiger partial charge on any atom is 0.202 e. The number of aromatic nitrogens is 3. The third-order valence-electron chi connectivity index (χ3n) is 6.59. The molecule has 0 spiro atoms. The molecule has 36 heavy (non-hydrogen) atoms. The zero-order valence-electron chi connectivity index (χ0n) is 19.7. The van der Waals surface area contributed by atoms with Crippen LogP contribution in [0.4, 0.5) is 20.3 Å². The summed E-state index contributed by atoms with van der Waals surface area (Å²) in [7, 11) is 0. The summed E-state index contributed by atoms with van der Waals surface area (Å²) < 4.78 is 37.0. The summed E-state index contributed by atoms with van der Waals surface area (Å²) in [5.41, 5.74) is 7.60. The van der Waals surface area contributed by atoms with E-state index in [1.54, 1.807) is 18.5 Å². The highest BCUT2D eigenvalue weighted by Crippen LogP contribution is 2.33. The fourth-order valence-electron chi connectivity index (χ4n) is 4.26. The van der Waals surface area contributed by atoms with E-state index in [1.165, 1.54) is 12.1 Å². The van der Waals surface area contributed by atoms with Crippen molar-refractivity contribution in [3.63, 3.8) is 0 Å². The minimum Gasteiger partial charge on any atom is -0.490 e. The van der Waals surface area contributed by atoms with Crippen LogP contribution in [0, 0.1) is 17.6 Å². The monoisotopic (exact) mass is 497 g/mol. The molecule has 1 aliphatic carbocycles. The average Bonchev–Trinajstić information content (AvgIpc) is 3.60. The van der Waals surface area contributed by atoms with Gasteiger partial charge in [-0.1, -0.05) is 0 Å². The molecule has 5 rings (SSSR count). The van der Waals surface area contributed by atoms with Crippen LogP contribution >= 0.6 is 0 Å². The lowest BCUT2D eigenvalue weighted by Crippen LogP contribution is -2.40. The van der Waals surface area contributed by atoms with Crippen LogP contribution in [0.15, 0.2) is 41.9 Å². The maximum absolute atomic E-state index is 15.0. The third-order valence-corrected chi connectivity index (χ3v) is 6.59. The number of pyridine rings is 1. The van der Waals surface area contributed by atoms with E-state index in [0.717, 1.165) is 49.3 Å². The van der Waals surface area contributed by atoms with Gasteiger partial charge in [-0.3, -0.25) is 9.69 Å². The number of piperidine rings is 1. The van der Waals surface area contributed by atoms with Crippen LogP contribution in [0.3, 0.4) is 0 Å². The number of nitrogen functional groups attached to an aromatic ring is 1. The Bertz CT molecular complexity index is 1270. The van der Waals surface area contributed by atoms with E-state index in [4.69, 9.17) is 22.2 Å². The van der Waals surface area contributed by atoms with Crippen LogP contribution in [0.5, 0.6) is 5.75 Å². The number of ether oxygens (including phenoxy) is 1. The zero-order chi connectivity index (χ0) is 25.2. The van der Waals surface area contributed by atoms with Crippen molar-refractivity contribution in [1.82, 2.24) is 20.1 Å². The number of rotatable bonds is 7. The third kappa shape index (κ3) is 4.82. The van der Waals surface area contributed by atoms with Gasteiger partial charge in [-0.05, 0) is 62.9 Å². The summed E-state index contributed by atoms with van der Waals surface area (Å²) in [6.45, 7) is 2.24. The summed E-state index contributed by atoms with van der Waals surface area (Å²) in [6, 6.07) is 4.65. The van der Waals surface area contributed by atoms with Gasteiger partial charge in [0.1, 0.15) is 5.82 Å². The molecule has 2 aromatic heterocycles. The Labute approximate surface area is 207 Å². The lowest BCUT2D eigenvalue weighted by Gasteiger charge is -2.23. The van der Waals surface area contributed by atoms with Gasteiger partial charge in [0.05, 0.1) is 30.1 Å². The molecule has 7 N–H and O–H groups in total. The van der Waals surface area contributed by atoms with E-state index in [9.17, 15) is 8.78 Å². The Balaban J connectivity index is 1.41. The number of anilines is 2. The summed E-state index contributed by atoms with van der Waals surface area (Å²) in [4.78, 5) is 4.25. The van der Waals surface area contributed by atoms with Gasteiger partial charge < -0.3 is 21.6 Å². The van der Waals surface area contributed by atoms with Gasteiger partial charge in [0, 0.05) is 23.5 Å². The molecule has 10 nitrogen and oxygen atoms in total. The van der Waals surface area contributed by atoms with Crippen LogP contribution in [0.25, 0.3) is 11.1 Å². The number of nitrogens with two attached hydrogens (primary N) is 3. The number of hydrazine groups is 1. The first-order valence-corrected chi connectivity index (χ1v) is 11.9. The summed E-state index contributed by atoms with van der Waals surface area (Å²) >= 11 is 0. The van der Waals surface area contributed by atoms with Gasteiger partial charge in [0.25, 0.3) is 0 Å². The summed E-state index contributed by atoms with van der Waals surface area (Å²) in [5.74, 6) is 9.69. The minimum absolute atomic E-state index is 0.0782. The first-order valence-electron chi connectivity index (χ1n) is 11.9. The van der Waals surface area contributed by atoms with E-state index >= 15 is 0 Å². The number of hydrogen-bond donors (Lipinski definition) is 4. The predicted molar refractivity (Wildman–Crippen MR) is 133 cm³/mol. The summed E-state index contributed by atoms with van der Waals surface area (Å²) in [6.07, 6.45) is 9.33. The van der Waals surface area contributed by atoms with E-state index in [-0.39, 0.29) is 28.7 Å². The molecule has 1 saturated heterocycles. The van der Waals surface area contributed by atoms with Crippen molar-refractivity contribution >= 4 is 17.3 Å². The number of hydrogen-bond acceptors (Lipinski definition) is 8. The van der Waals surface area contributed by atoms with Gasteiger partial charge in [-0.15, -0.1) is 0 Å². The standard InChI is InChI=1S/C24H29F2N9O/c25-21-19(3-4-20(22(21)26)36-13-14-1-2-14)35(29)24(33-28)18-9-15(10-31-23(18)27)16-11-32-34(12-16)17-5-7-30-8-6-17/h3-4,9-12,14,17,30H,1-2,5-8,13,28-29H2,(H2,27,31)/b33-24-. The number of benzene rings is 1. The van der Waals surface area contributed by atoms with E-state index in [0.29, 0.717) is 24.1 Å². The van der Waals surface area contributed by atoms with Crippen molar-refractivity contribution in [2.75, 3.05) is 30.4 Å². The highest BCUT2D eigenvalue weighted by molar-refractivity contribution is 6.12. The normalized spacial score (nSPS) is 16.8. The highest BCUT2D eigenvalue weighted by Gasteiger charge is 2.26. The Kier molecular flexibility index (Phi) is 6.70. The molecule has 1 aliphatic heterocycles. The topological polar surface area (TPSA) is 146 Å². The van der Waals surface area contributed by atoms with Crippen molar-refractivity contribution in [2.24, 2.45) is 22.7 Å². The smallest absolute Gasteiger partial charge is 0.202 e. The highest BCUT2D eigenvalue weighted by atomic mass is 19.2. The fourth-order valence-corrected chi connectivity index (χ4v) is 4.26. The Hall–Kier alpha value is -3.77. The van der Waals surface area contributed by atoms with Gasteiger partial charge in [-0.25, -0.2) is 15.2 Å². The molecule has 2 fully saturated rings. The Morgan fingerprint density at radius 1 is 1.14 bits per heavy atom. The Morgan fingerprint density at radius 2 is 1.92 bits per heavy atom. The predicted octanol–water partition coefficient (Wildman–Crippen LogP) is 2.52. The number of halogens is 2. The lowest BCUT2D eigenvalue weighted by atomic mass is 10.1. The molecule has 0 bridgehead atoms. The second-order valence-electron chi connectivity index (χ2n) is 9.13. The molecule has 12 heteroatoms. The van der Waals surface area contributed by atoms with Gasteiger partial charge >= 0.3 is 0 Å². The lowest BCUT2D eigenvalue weighted by molar-refractivity contribution is 0.280. The number of hydrazone groups is 1. The molecule has 0 amide bonds. The van der Waals surface area contributed by atoms with Crippen molar-refractivity contribution in [3.8, 4) is 16.9 Å². The molecule has 0 radical (unpaired) electrons. The first kappa shape index (κ1) is 23.9. The average molecular weight is 498 g/mol. The molecule has 1 saturated carbocycles. The van der Waals surface area contributed by atoms with Crippen LogP contribution in [0.1, 0.15) is 37.3 Å². The molecule has 0 atom stereocenters. The molecule has 190 valence electrons. The SMILES string of the molecule is N/N=C(/c1cc(-c2cnn(C3CCNCC3)c2)cnc1N)N(N)c1ccc(OCC2CC2)c(F)c1F. The van der Waals surface area contributed by atoms with Crippen molar-refractivity contribution in [1.29, 1.82) is 0 Å².